The van der Waals surface area contributed by atoms with Gasteiger partial charge in [-0.3, -0.25) is 9.59 Å². The Balaban J connectivity index is 4.06. The van der Waals surface area contributed by atoms with E-state index < -0.39 is 5.97 Å². The van der Waals surface area contributed by atoms with Crippen LogP contribution in [-0.2, 0) is 9.59 Å². The molecular formula is C11H21NO3. The SMILES string of the molecule is CC(=O)N(CCC(=O)O)CCC(C)(C)C. The van der Waals surface area contributed by atoms with E-state index in [0.717, 1.165) is 6.42 Å². The fourth-order valence-corrected chi connectivity index (χ4v) is 1.13. The predicted octanol–water partition coefficient (Wildman–Crippen LogP) is 1.75. The van der Waals surface area contributed by atoms with E-state index in [9.17, 15) is 9.59 Å². The van der Waals surface area contributed by atoms with Crippen LogP contribution in [0.15, 0.2) is 0 Å². The first-order valence-corrected chi connectivity index (χ1v) is 5.20. The molecule has 0 aromatic carbocycles. The van der Waals surface area contributed by atoms with E-state index in [4.69, 9.17) is 5.11 Å². The third-order valence-electron chi connectivity index (χ3n) is 2.17. The minimum absolute atomic E-state index is 0.0176. The number of rotatable bonds is 5. The lowest BCUT2D eigenvalue weighted by molar-refractivity contribution is -0.138. The normalized spacial score (nSPS) is 11.2. The van der Waals surface area contributed by atoms with Gasteiger partial charge in [-0.05, 0) is 11.8 Å². The molecule has 0 saturated carbocycles. The Labute approximate surface area is 91.3 Å². The first kappa shape index (κ1) is 13.9. The Hall–Kier alpha value is -1.06. The lowest BCUT2D eigenvalue weighted by atomic mass is 9.92. The van der Waals surface area contributed by atoms with Gasteiger partial charge in [-0.15, -0.1) is 0 Å². The maximum atomic E-state index is 11.2. The summed E-state index contributed by atoms with van der Waals surface area (Å²) in [7, 11) is 0. The van der Waals surface area contributed by atoms with Gasteiger partial charge in [0.25, 0.3) is 0 Å². The van der Waals surface area contributed by atoms with Crippen molar-refractivity contribution in [3.05, 3.63) is 0 Å². The fraction of sp³-hybridized carbons (Fsp3) is 0.818. The molecule has 0 atom stereocenters. The van der Waals surface area contributed by atoms with Crippen LogP contribution in [0.1, 0.15) is 40.5 Å². The Kier molecular flexibility index (Phi) is 5.33. The first-order chi connectivity index (χ1) is 6.72. The molecule has 0 spiro atoms. The van der Waals surface area contributed by atoms with Crippen LogP contribution in [0.3, 0.4) is 0 Å². The van der Waals surface area contributed by atoms with Crippen LogP contribution in [0.4, 0.5) is 0 Å². The number of nitrogens with zero attached hydrogens (tertiary/aromatic N) is 1. The van der Waals surface area contributed by atoms with Crippen molar-refractivity contribution in [2.24, 2.45) is 5.41 Å². The number of amides is 1. The monoisotopic (exact) mass is 215 g/mol. The molecular weight excluding hydrogens is 194 g/mol. The average Bonchev–Trinajstić information content (AvgIpc) is 2.00. The summed E-state index contributed by atoms with van der Waals surface area (Å²) in [5.74, 6) is -0.919. The van der Waals surface area contributed by atoms with Crippen molar-refractivity contribution in [1.82, 2.24) is 4.90 Å². The minimum Gasteiger partial charge on any atom is -0.481 e. The number of carboxylic acids is 1. The average molecular weight is 215 g/mol. The lowest BCUT2D eigenvalue weighted by Gasteiger charge is -2.25. The summed E-state index contributed by atoms with van der Waals surface area (Å²) in [5.41, 5.74) is 0.164. The third-order valence-corrected chi connectivity index (χ3v) is 2.17. The van der Waals surface area contributed by atoms with Crippen molar-refractivity contribution in [3.63, 3.8) is 0 Å². The van der Waals surface area contributed by atoms with E-state index in [-0.39, 0.29) is 17.7 Å². The van der Waals surface area contributed by atoms with Crippen LogP contribution in [0.25, 0.3) is 0 Å². The maximum Gasteiger partial charge on any atom is 0.305 e. The minimum atomic E-state index is -0.864. The summed E-state index contributed by atoms with van der Waals surface area (Å²) in [6.07, 6.45) is 0.899. The Morgan fingerprint density at radius 1 is 1.20 bits per heavy atom. The standard InChI is InChI=1S/C11H21NO3/c1-9(13)12(7-5-10(14)15)8-6-11(2,3)4/h5-8H2,1-4H3,(H,14,15). The van der Waals surface area contributed by atoms with Crippen molar-refractivity contribution in [2.45, 2.75) is 40.5 Å². The highest BCUT2D eigenvalue weighted by Crippen LogP contribution is 2.18. The number of carbonyl (C=O) groups is 2. The van der Waals surface area contributed by atoms with Crippen LogP contribution in [0, 0.1) is 5.41 Å². The van der Waals surface area contributed by atoms with Gasteiger partial charge in [0, 0.05) is 20.0 Å². The molecule has 0 bridgehead atoms. The Bertz CT molecular complexity index is 230. The molecule has 1 amide bonds. The second kappa shape index (κ2) is 5.73. The zero-order valence-electron chi connectivity index (χ0n) is 10.0. The molecule has 0 heterocycles. The molecule has 4 nitrogen and oxygen atoms in total. The number of carbonyl (C=O) groups excluding carboxylic acids is 1. The molecule has 0 saturated heterocycles. The van der Waals surface area contributed by atoms with Crippen molar-refractivity contribution in [2.75, 3.05) is 13.1 Å². The molecule has 0 aliphatic carbocycles. The molecule has 0 aromatic heterocycles. The molecule has 0 aromatic rings. The van der Waals surface area contributed by atoms with E-state index in [1.165, 1.54) is 6.92 Å². The van der Waals surface area contributed by atoms with Gasteiger partial charge in [-0.2, -0.15) is 0 Å². The number of hydrogen-bond donors (Lipinski definition) is 1. The number of aliphatic carboxylic acids is 1. The highest BCUT2D eigenvalue weighted by Gasteiger charge is 2.15. The summed E-state index contributed by atoms with van der Waals surface area (Å²) < 4.78 is 0. The summed E-state index contributed by atoms with van der Waals surface area (Å²) in [4.78, 5) is 23.2. The molecule has 15 heavy (non-hydrogen) atoms. The van der Waals surface area contributed by atoms with Gasteiger partial charge in [0.15, 0.2) is 0 Å². The van der Waals surface area contributed by atoms with Gasteiger partial charge < -0.3 is 10.0 Å². The zero-order valence-corrected chi connectivity index (χ0v) is 10.0. The quantitative estimate of drug-likeness (QED) is 0.760. The maximum absolute atomic E-state index is 11.2. The molecule has 88 valence electrons. The smallest absolute Gasteiger partial charge is 0.305 e. The number of hydrogen-bond acceptors (Lipinski definition) is 2. The van der Waals surface area contributed by atoms with E-state index in [1.807, 2.05) is 0 Å². The van der Waals surface area contributed by atoms with Crippen LogP contribution >= 0.6 is 0 Å². The van der Waals surface area contributed by atoms with E-state index in [0.29, 0.717) is 13.1 Å². The van der Waals surface area contributed by atoms with Gasteiger partial charge in [0.05, 0.1) is 6.42 Å². The van der Waals surface area contributed by atoms with Crippen LogP contribution < -0.4 is 0 Å². The summed E-state index contributed by atoms with van der Waals surface area (Å²) in [6.45, 7) is 8.71. The highest BCUT2D eigenvalue weighted by atomic mass is 16.4. The van der Waals surface area contributed by atoms with Crippen molar-refractivity contribution < 1.29 is 14.7 Å². The van der Waals surface area contributed by atoms with Crippen molar-refractivity contribution in [1.29, 1.82) is 0 Å². The largest absolute Gasteiger partial charge is 0.481 e. The fourth-order valence-electron chi connectivity index (χ4n) is 1.13. The molecule has 0 radical (unpaired) electrons. The molecule has 4 heteroatoms. The second-order valence-corrected chi connectivity index (χ2v) is 4.96. The summed E-state index contributed by atoms with van der Waals surface area (Å²) in [6, 6.07) is 0. The van der Waals surface area contributed by atoms with E-state index in [1.54, 1.807) is 4.90 Å². The number of carboxylic acid groups (broad SMARTS) is 1. The van der Waals surface area contributed by atoms with E-state index >= 15 is 0 Å². The van der Waals surface area contributed by atoms with Crippen LogP contribution in [-0.4, -0.2) is 35.0 Å². The topological polar surface area (TPSA) is 57.6 Å². The third kappa shape index (κ3) is 7.97. The molecule has 1 N–H and O–H groups in total. The molecule has 0 fully saturated rings. The van der Waals surface area contributed by atoms with Crippen molar-refractivity contribution in [3.8, 4) is 0 Å². The summed E-state index contributed by atoms with van der Waals surface area (Å²) in [5, 5.41) is 8.53. The second-order valence-electron chi connectivity index (χ2n) is 4.96. The summed E-state index contributed by atoms with van der Waals surface area (Å²) >= 11 is 0. The van der Waals surface area contributed by atoms with Gasteiger partial charge in [-0.25, -0.2) is 0 Å². The first-order valence-electron chi connectivity index (χ1n) is 5.20. The molecule has 0 rings (SSSR count). The highest BCUT2D eigenvalue weighted by molar-refractivity contribution is 5.74. The van der Waals surface area contributed by atoms with E-state index in [2.05, 4.69) is 20.8 Å². The molecule has 0 aliphatic rings. The molecule has 0 unspecified atom stereocenters. The Morgan fingerprint density at radius 2 is 1.73 bits per heavy atom. The zero-order chi connectivity index (χ0) is 12.1. The lowest BCUT2D eigenvalue weighted by Crippen LogP contribution is -2.33. The van der Waals surface area contributed by atoms with Gasteiger partial charge >= 0.3 is 5.97 Å². The van der Waals surface area contributed by atoms with Crippen LogP contribution in [0.5, 0.6) is 0 Å². The molecule has 0 aliphatic heterocycles. The predicted molar refractivity (Wildman–Crippen MR) is 58.6 cm³/mol. The van der Waals surface area contributed by atoms with Crippen LogP contribution in [0.2, 0.25) is 0 Å². The van der Waals surface area contributed by atoms with Crippen molar-refractivity contribution >= 4 is 11.9 Å². The van der Waals surface area contributed by atoms with Gasteiger partial charge in [0.1, 0.15) is 0 Å². The van der Waals surface area contributed by atoms with Gasteiger partial charge in [-0.1, -0.05) is 20.8 Å². The Morgan fingerprint density at radius 3 is 2.07 bits per heavy atom. The van der Waals surface area contributed by atoms with Gasteiger partial charge in [0.2, 0.25) is 5.91 Å².